The Morgan fingerprint density at radius 2 is 0.960 bits per heavy atom. The van der Waals surface area contributed by atoms with Crippen molar-refractivity contribution in [3.05, 3.63) is 222 Å². The summed E-state index contributed by atoms with van der Waals surface area (Å²) < 4.78 is 0. The number of hydrogen-bond acceptors (Lipinski definition) is 3. The second-order valence-corrected chi connectivity index (χ2v) is 24.6. The van der Waals surface area contributed by atoms with Gasteiger partial charge in [0, 0.05) is 50.9 Å². The van der Waals surface area contributed by atoms with E-state index in [2.05, 4.69) is 277 Å². The van der Waals surface area contributed by atoms with Gasteiger partial charge in [-0.15, -0.1) is 0 Å². The van der Waals surface area contributed by atoms with Crippen LogP contribution in [0.1, 0.15) is 103 Å². The minimum atomic E-state index is -0.183. The van der Waals surface area contributed by atoms with Crippen LogP contribution in [-0.4, -0.2) is 12.3 Å². The molecule has 0 radical (unpaired) electrons. The summed E-state index contributed by atoms with van der Waals surface area (Å²) in [5.74, 6) is 0. The van der Waals surface area contributed by atoms with Crippen molar-refractivity contribution in [2.75, 3.05) is 14.7 Å². The molecular weight excluding hydrogens is 906 g/mol. The number of hydrogen-bond donors (Lipinski definition) is 0. The molecule has 13 rings (SSSR count). The Morgan fingerprint density at radius 3 is 1.63 bits per heavy atom. The highest BCUT2D eigenvalue weighted by Gasteiger charge is 2.58. The lowest BCUT2D eigenvalue weighted by molar-refractivity contribution is 0.195. The Balaban J connectivity index is 1.14. The van der Waals surface area contributed by atoms with E-state index in [1.165, 1.54) is 125 Å². The van der Waals surface area contributed by atoms with Gasteiger partial charge in [-0.25, -0.2) is 0 Å². The van der Waals surface area contributed by atoms with E-state index in [9.17, 15) is 0 Å². The summed E-state index contributed by atoms with van der Waals surface area (Å²) >= 11 is 0. The topological polar surface area (TPSA) is 9.72 Å². The van der Waals surface area contributed by atoms with Crippen LogP contribution in [0.15, 0.2) is 200 Å². The van der Waals surface area contributed by atoms with Crippen LogP contribution < -0.4 is 31.1 Å². The van der Waals surface area contributed by atoms with Crippen LogP contribution in [0, 0.1) is 6.92 Å². The minimum absolute atomic E-state index is 0.0195. The second kappa shape index (κ2) is 17.2. The predicted octanol–water partition coefficient (Wildman–Crippen LogP) is 17.4. The largest absolute Gasteiger partial charge is 0.334 e. The zero-order chi connectivity index (χ0) is 51.6. The molecule has 1 fully saturated rings. The lowest BCUT2D eigenvalue weighted by Crippen LogP contribution is -2.61. The first-order valence-electron chi connectivity index (χ1n) is 27.5. The average molecular weight is 974 g/mol. The summed E-state index contributed by atoms with van der Waals surface area (Å²) in [7, 11) is 0. The van der Waals surface area contributed by atoms with Gasteiger partial charge in [0.1, 0.15) is 0 Å². The van der Waals surface area contributed by atoms with Crippen LogP contribution in [0.25, 0.3) is 33.4 Å². The lowest BCUT2D eigenvalue weighted by atomic mass is 9.33. The Kier molecular flexibility index (Phi) is 10.9. The molecule has 0 bridgehead atoms. The third-order valence-electron chi connectivity index (χ3n) is 17.9. The van der Waals surface area contributed by atoms with Crippen LogP contribution >= 0.6 is 0 Å². The molecule has 370 valence electrons. The molecule has 0 N–H and O–H groups in total. The van der Waals surface area contributed by atoms with Gasteiger partial charge in [-0.05, 0) is 165 Å². The molecule has 0 amide bonds. The molecule has 0 aromatic heterocycles. The van der Waals surface area contributed by atoms with E-state index in [-0.39, 0.29) is 28.5 Å². The molecule has 3 aliphatic heterocycles. The van der Waals surface area contributed by atoms with Crippen molar-refractivity contribution < 1.29 is 0 Å². The zero-order valence-electron chi connectivity index (χ0n) is 45.3. The SMILES string of the molecule is Cc1cccc(-c2ccc3c(c2)C2(C)CCCCC2(C)N3c2cc3c4c(c2)N(c2cccc(-c5ccccc5)c2)c2cc(-c5ccccc5)ccc2B4c2cc(C(C)(C)C)ccc2N3c2ccc(C(C)(C)C)cc2)c1. The van der Waals surface area contributed by atoms with E-state index in [1.54, 1.807) is 0 Å². The number of rotatable bonds is 6. The average Bonchev–Trinajstić information content (AvgIpc) is 3.69. The third kappa shape index (κ3) is 7.53. The summed E-state index contributed by atoms with van der Waals surface area (Å²) in [6.45, 7) is 21.3. The molecule has 3 heterocycles. The molecular formula is C71H68BN3. The fraction of sp³-hybridized carbons (Fsp3) is 0.239. The lowest BCUT2D eigenvalue weighted by Gasteiger charge is -2.51. The number of benzene rings is 9. The van der Waals surface area contributed by atoms with Crippen LogP contribution in [-0.2, 0) is 16.2 Å². The molecule has 4 heteroatoms. The Hall–Kier alpha value is -7.56. The van der Waals surface area contributed by atoms with Crippen LogP contribution in [0.4, 0.5) is 45.5 Å². The van der Waals surface area contributed by atoms with Crippen LogP contribution in [0.3, 0.4) is 0 Å². The summed E-state index contributed by atoms with van der Waals surface area (Å²) in [5.41, 5.74) is 26.3. The van der Waals surface area contributed by atoms with Gasteiger partial charge < -0.3 is 14.7 Å². The molecule has 3 nitrogen and oxygen atoms in total. The Labute approximate surface area is 446 Å². The van der Waals surface area contributed by atoms with Crippen molar-refractivity contribution in [3.8, 4) is 33.4 Å². The van der Waals surface area contributed by atoms with Crippen LogP contribution in [0.5, 0.6) is 0 Å². The van der Waals surface area contributed by atoms with Crippen molar-refractivity contribution in [3.63, 3.8) is 0 Å². The number of anilines is 8. The molecule has 1 aliphatic carbocycles. The van der Waals surface area contributed by atoms with Crippen molar-refractivity contribution in [1.29, 1.82) is 0 Å². The molecule has 0 spiro atoms. The second-order valence-electron chi connectivity index (χ2n) is 24.6. The van der Waals surface area contributed by atoms with E-state index in [0.29, 0.717) is 0 Å². The maximum Gasteiger partial charge on any atom is 0.252 e. The summed E-state index contributed by atoms with van der Waals surface area (Å²) in [5, 5.41) is 0. The van der Waals surface area contributed by atoms with Gasteiger partial charge in [-0.1, -0.05) is 206 Å². The smallest absolute Gasteiger partial charge is 0.252 e. The molecule has 9 aromatic carbocycles. The normalized spacial score (nSPS) is 18.5. The van der Waals surface area contributed by atoms with Crippen molar-refractivity contribution in [2.45, 2.75) is 110 Å². The van der Waals surface area contributed by atoms with Crippen LogP contribution in [0.2, 0.25) is 0 Å². The highest BCUT2D eigenvalue weighted by atomic mass is 15.3. The monoisotopic (exact) mass is 974 g/mol. The van der Waals surface area contributed by atoms with Gasteiger partial charge in [0.15, 0.2) is 0 Å². The maximum atomic E-state index is 2.81. The minimum Gasteiger partial charge on any atom is -0.334 e. The van der Waals surface area contributed by atoms with Gasteiger partial charge >= 0.3 is 0 Å². The summed E-state index contributed by atoms with van der Waals surface area (Å²) in [6, 6.07) is 76.9. The standard InChI is InChI=1S/C71H68BN3/c1-47-20-18-25-50(40-47)52-29-36-62-59(42-52)70(8)38-16-17-39-71(70,9)75(62)58-45-65-67-66(46-58)74(57-27-19-26-51(41-57)48-21-12-10-13-22-48)64-43-53(49-23-14-11-15-24-49)28-35-60(64)72(67)61-44-55(69(5,6)7)32-37-63(61)73(65)56-33-30-54(31-34-56)68(2,3)4/h10-15,18-37,40-46H,16-17,38-39H2,1-9H3. The molecule has 2 atom stereocenters. The zero-order valence-corrected chi connectivity index (χ0v) is 45.3. The summed E-state index contributed by atoms with van der Waals surface area (Å²) in [4.78, 5) is 8.06. The quantitative estimate of drug-likeness (QED) is 0.154. The first-order chi connectivity index (χ1) is 36.1. The number of aryl methyl sites for hydroxylation is 1. The van der Waals surface area contributed by atoms with Crippen molar-refractivity contribution in [1.82, 2.24) is 0 Å². The van der Waals surface area contributed by atoms with Gasteiger partial charge in [0.2, 0.25) is 0 Å². The number of nitrogens with zero attached hydrogens (tertiary/aromatic N) is 3. The van der Waals surface area contributed by atoms with E-state index >= 15 is 0 Å². The maximum absolute atomic E-state index is 2.81. The number of fused-ring (bicyclic) bond motifs is 7. The highest BCUT2D eigenvalue weighted by molar-refractivity contribution is 7.00. The fourth-order valence-electron chi connectivity index (χ4n) is 13.7. The third-order valence-corrected chi connectivity index (χ3v) is 17.9. The van der Waals surface area contributed by atoms with Gasteiger partial charge in [-0.3, -0.25) is 0 Å². The van der Waals surface area contributed by atoms with E-state index in [0.717, 1.165) is 18.5 Å². The Morgan fingerprint density at radius 1 is 0.400 bits per heavy atom. The first kappa shape index (κ1) is 47.2. The van der Waals surface area contributed by atoms with Crippen molar-refractivity contribution >= 4 is 68.6 Å². The first-order valence-corrected chi connectivity index (χ1v) is 27.5. The Bertz CT molecular complexity index is 3690. The molecule has 9 aromatic rings. The molecule has 1 saturated carbocycles. The molecule has 4 aliphatic rings. The highest BCUT2D eigenvalue weighted by Crippen LogP contribution is 2.62. The molecule has 2 unspecified atom stereocenters. The van der Waals surface area contributed by atoms with Gasteiger partial charge in [0.05, 0.1) is 5.54 Å². The van der Waals surface area contributed by atoms with E-state index < -0.39 is 0 Å². The molecule has 0 saturated heterocycles. The fourth-order valence-corrected chi connectivity index (χ4v) is 13.7. The van der Waals surface area contributed by atoms with E-state index in [4.69, 9.17) is 0 Å². The van der Waals surface area contributed by atoms with Gasteiger partial charge in [-0.2, -0.15) is 0 Å². The summed E-state index contributed by atoms with van der Waals surface area (Å²) in [6.07, 6.45) is 4.68. The van der Waals surface area contributed by atoms with E-state index in [1.807, 2.05) is 0 Å². The molecule has 75 heavy (non-hydrogen) atoms. The predicted molar refractivity (Wildman–Crippen MR) is 322 cm³/mol. The van der Waals surface area contributed by atoms with Crippen molar-refractivity contribution in [2.24, 2.45) is 0 Å². The van der Waals surface area contributed by atoms with Gasteiger partial charge in [0.25, 0.3) is 6.71 Å².